The lowest BCUT2D eigenvalue weighted by Gasteiger charge is -2.12. The monoisotopic (exact) mass is 252 g/mol. The van der Waals surface area contributed by atoms with Crippen molar-refractivity contribution < 1.29 is 22.8 Å². The van der Waals surface area contributed by atoms with Gasteiger partial charge in [0.05, 0.1) is 13.2 Å². The first-order valence-electron chi connectivity index (χ1n) is 5.73. The molecule has 98 valence electrons. The molecule has 0 bridgehead atoms. The van der Waals surface area contributed by atoms with Crippen LogP contribution in [-0.4, -0.2) is 55.8 Å². The second kappa shape index (κ2) is 11.5. The maximum Gasteiger partial charge on any atom is 0.484 e. The Morgan fingerprint density at radius 3 is 1.69 bits per heavy atom. The van der Waals surface area contributed by atoms with Crippen LogP contribution in [0.25, 0.3) is 0 Å². The highest BCUT2D eigenvalue weighted by Gasteiger charge is 2.21. The molecule has 0 radical (unpaired) electrons. The number of methoxy groups -OCH3 is 1. The quantitative estimate of drug-likeness (QED) is 0.473. The standard InChI is InChI=1S/C6H16O3Si.C4H8O2/c1-4-7-10(8-5-2)9-6-3;1-5-2-4-3-6-4/h10H,4-6H2,1-3H3;4H,2-3H2,1H3. The summed E-state index contributed by atoms with van der Waals surface area (Å²) in [6.07, 6.45) is 0.426. The molecule has 0 spiro atoms. The highest BCUT2D eigenvalue weighted by atomic mass is 28.3. The van der Waals surface area contributed by atoms with Gasteiger partial charge in [-0.25, -0.2) is 0 Å². The molecule has 0 aromatic rings. The second-order valence-electron chi connectivity index (χ2n) is 3.07. The SMILES string of the molecule is CCO[SiH](OCC)OCC.COCC1CO1. The van der Waals surface area contributed by atoms with E-state index in [1.807, 2.05) is 20.8 Å². The molecule has 6 heteroatoms. The average molecular weight is 252 g/mol. The van der Waals surface area contributed by atoms with Crippen molar-refractivity contribution >= 4 is 9.53 Å². The molecule has 5 nitrogen and oxygen atoms in total. The summed E-state index contributed by atoms with van der Waals surface area (Å²) in [6.45, 7) is 9.52. The Kier molecular flexibility index (Phi) is 11.5. The third-order valence-electron chi connectivity index (χ3n) is 1.66. The highest BCUT2D eigenvalue weighted by molar-refractivity contribution is 6.36. The van der Waals surface area contributed by atoms with Gasteiger partial charge >= 0.3 is 9.53 Å². The average Bonchev–Trinajstić information content (AvgIpc) is 3.05. The molecule has 1 saturated heterocycles. The van der Waals surface area contributed by atoms with Crippen LogP contribution in [0.2, 0.25) is 0 Å². The molecule has 0 amide bonds. The largest absolute Gasteiger partial charge is 0.484 e. The summed E-state index contributed by atoms with van der Waals surface area (Å²) in [5, 5.41) is 0. The van der Waals surface area contributed by atoms with Gasteiger partial charge in [-0.1, -0.05) is 0 Å². The molecule has 1 aliphatic heterocycles. The predicted molar refractivity (Wildman–Crippen MR) is 63.6 cm³/mol. The van der Waals surface area contributed by atoms with Crippen molar-refractivity contribution in [1.29, 1.82) is 0 Å². The van der Waals surface area contributed by atoms with E-state index >= 15 is 0 Å². The predicted octanol–water partition coefficient (Wildman–Crippen LogP) is 0.845. The number of epoxide rings is 1. The summed E-state index contributed by atoms with van der Waals surface area (Å²) in [5.41, 5.74) is 0. The van der Waals surface area contributed by atoms with E-state index in [0.717, 1.165) is 13.2 Å². The van der Waals surface area contributed by atoms with Gasteiger partial charge in [0.15, 0.2) is 0 Å². The van der Waals surface area contributed by atoms with E-state index in [2.05, 4.69) is 0 Å². The number of rotatable bonds is 8. The third kappa shape index (κ3) is 10.5. The van der Waals surface area contributed by atoms with E-state index in [9.17, 15) is 0 Å². The van der Waals surface area contributed by atoms with Gasteiger partial charge in [-0.15, -0.1) is 0 Å². The fourth-order valence-corrected chi connectivity index (χ4v) is 2.01. The first-order valence-corrected chi connectivity index (χ1v) is 7.15. The molecule has 0 aromatic heterocycles. The summed E-state index contributed by atoms with van der Waals surface area (Å²) < 4.78 is 25.2. The number of hydrogen-bond acceptors (Lipinski definition) is 5. The zero-order valence-corrected chi connectivity index (χ0v) is 11.9. The summed E-state index contributed by atoms with van der Waals surface area (Å²) in [7, 11) is -0.0516. The van der Waals surface area contributed by atoms with Crippen molar-refractivity contribution in [3.63, 3.8) is 0 Å². The van der Waals surface area contributed by atoms with Crippen LogP contribution in [-0.2, 0) is 22.8 Å². The summed E-state index contributed by atoms with van der Waals surface area (Å²) in [4.78, 5) is 0. The molecule has 16 heavy (non-hydrogen) atoms. The number of hydrogen-bond donors (Lipinski definition) is 0. The van der Waals surface area contributed by atoms with Crippen LogP contribution in [0.5, 0.6) is 0 Å². The lowest BCUT2D eigenvalue weighted by atomic mass is 10.5. The van der Waals surface area contributed by atoms with Gasteiger partial charge in [-0.3, -0.25) is 0 Å². The topological polar surface area (TPSA) is 49.5 Å². The lowest BCUT2D eigenvalue weighted by molar-refractivity contribution is 0.107. The van der Waals surface area contributed by atoms with E-state index in [0.29, 0.717) is 25.9 Å². The zero-order valence-electron chi connectivity index (χ0n) is 10.7. The Bertz CT molecular complexity index is 129. The molecule has 1 unspecified atom stereocenters. The van der Waals surface area contributed by atoms with E-state index in [4.69, 9.17) is 22.8 Å². The van der Waals surface area contributed by atoms with Crippen molar-refractivity contribution in [2.75, 3.05) is 40.1 Å². The van der Waals surface area contributed by atoms with Crippen LogP contribution >= 0.6 is 0 Å². The third-order valence-corrected chi connectivity index (χ3v) is 3.48. The van der Waals surface area contributed by atoms with Crippen LogP contribution in [0.3, 0.4) is 0 Å². The second-order valence-corrected chi connectivity index (χ2v) is 4.64. The van der Waals surface area contributed by atoms with Crippen LogP contribution in [0.15, 0.2) is 0 Å². The molecular weight excluding hydrogens is 228 g/mol. The van der Waals surface area contributed by atoms with E-state index in [-0.39, 0.29) is 0 Å². The Balaban J connectivity index is 0.000000315. The van der Waals surface area contributed by atoms with Gasteiger partial charge in [0, 0.05) is 26.9 Å². The Hall–Kier alpha value is 0.0169. The Morgan fingerprint density at radius 2 is 1.50 bits per heavy atom. The van der Waals surface area contributed by atoms with E-state index in [1.54, 1.807) is 7.11 Å². The minimum absolute atomic E-state index is 0.426. The Labute approximate surface area is 99.9 Å². The van der Waals surface area contributed by atoms with Crippen molar-refractivity contribution in [2.24, 2.45) is 0 Å². The van der Waals surface area contributed by atoms with Crippen molar-refractivity contribution in [1.82, 2.24) is 0 Å². The molecule has 1 atom stereocenters. The van der Waals surface area contributed by atoms with Gasteiger partial charge in [-0.2, -0.15) is 0 Å². The maximum atomic E-state index is 5.22. The Morgan fingerprint density at radius 1 is 1.06 bits per heavy atom. The molecule has 0 N–H and O–H groups in total. The van der Waals surface area contributed by atoms with Crippen molar-refractivity contribution in [2.45, 2.75) is 26.9 Å². The molecule has 0 saturated carbocycles. The zero-order chi connectivity index (χ0) is 12.2. The van der Waals surface area contributed by atoms with Gasteiger partial charge < -0.3 is 22.8 Å². The maximum absolute atomic E-state index is 5.22. The summed E-state index contributed by atoms with van der Waals surface area (Å²) in [6, 6.07) is 0. The minimum atomic E-state index is -1.73. The van der Waals surface area contributed by atoms with E-state index < -0.39 is 9.53 Å². The fourth-order valence-electron chi connectivity index (χ4n) is 0.903. The first kappa shape index (κ1) is 16.0. The molecule has 0 aromatic carbocycles. The van der Waals surface area contributed by atoms with Gasteiger partial charge in [0.2, 0.25) is 0 Å². The smallest absolute Gasteiger partial charge is 0.382 e. The van der Waals surface area contributed by atoms with Gasteiger partial charge in [-0.05, 0) is 20.8 Å². The molecule has 1 rings (SSSR count). The fraction of sp³-hybridized carbons (Fsp3) is 1.00. The molecule has 0 aliphatic carbocycles. The van der Waals surface area contributed by atoms with Gasteiger partial charge in [0.1, 0.15) is 6.10 Å². The van der Waals surface area contributed by atoms with E-state index in [1.165, 1.54) is 0 Å². The molecule has 1 heterocycles. The first-order chi connectivity index (χ1) is 7.78. The summed E-state index contributed by atoms with van der Waals surface area (Å²) in [5.74, 6) is 0. The van der Waals surface area contributed by atoms with Crippen LogP contribution in [0.4, 0.5) is 0 Å². The molecule has 1 fully saturated rings. The number of ether oxygens (including phenoxy) is 2. The van der Waals surface area contributed by atoms with Crippen LogP contribution in [0, 0.1) is 0 Å². The van der Waals surface area contributed by atoms with Crippen LogP contribution in [0.1, 0.15) is 20.8 Å². The van der Waals surface area contributed by atoms with Crippen molar-refractivity contribution in [3.8, 4) is 0 Å². The lowest BCUT2D eigenvalue weighted by Crippen LogP contribution is -2.27. The van der Waals surface area contributed by atoms with Crippen molar-refractivity contribution in [3.05, 3.63) is 0 Å². The minimum Gasteiger partial charge on any atom is -0.382 e. The molecular formula is C10H24O5Si. The van der Waals surface area contributed by atoms with Gasteiger partial charge in [0.25, 0.3) is 0 Å². The normalized spacial score (nSPS) is 18.2. The summed E-state index contributed by atoms with van der Waals surface area (Å²) >= 11 is 0. The highest BCUT2D eigenvalue weighted by Crippen LogP contribution is 2.06. The van der Waals surface area contributed by atoms with Crippen LogP contribution < -0.4 is 0 Å². The molecule has 1 aliphatic rings.